The predicted molar refractivity (Wildman–Crippen MR) is 91.9 cm³/mol. The number of aromatic nitrogens is 1. The molecule has 138 valence electrons. The van der Waals surface area contributed by atoms with Gasteiger partial charge in [0, 0.05) is 5.69 Å². The Morgan fingerprint density at radius 2 is 1.77 bits per heavy atom. The lowest BCUT2D eigenvalue weighted by Crippen LogP contribution is -2.21. The molecule has 1 heterocycles. The lowest BCUT2D eigenvalue weighted by molar-refractivity contribution is -0.119. The van der Waals surface area contributed by atoms with Gasteiger partial charge in [-0.15, -0.1) is 0 Å². The number of nitrogens with one attached hydrogen (secondary N) is 1. The number of benzene rings is 1. The molecule has 1 N–H and O–H groups in total. The van der Waals surface area contributed by atoms with Gasteiger partial charge in [0.2, 0.25) is 0 Å². The first-order valence-corrected chi connectivity index (χ1v) is 7.98. The molecule has 0 atom stereocenters. The average molecular weight is 360 g/mol. The van der Waals surface area contributed by atoms with Crippen molar-refractivity contribution in [3.05, 3.63) is 46.8 Å². The van der Waals surface area contributed by atoms with E-state index in [-0.39, 0.29) is 11.7 Å². The van der Waals surface area contributed by atoms with Crippen LogP contribution in [-0.4, -0.2) is 35.7 Å². The van der Waals surface area contributed by atoms with Gasteiger partial charge in [-0.05, 0) is 52.0 Å². The molecule has 0 saturated carbocycles. The zero-order valence-corrected chi connectivity index (χ0v) is 15.0. The zero-order chi connectivity index (χ0) is 19.3. The van der Waals surface area contributed by atoms with Crippen molar-refractivity contribution in [3.8, 4) is 0 Å². The zero-order valence-electron chi connectivity index (χ0n) is 15.0. The molecule has 0 radical (unpaired) electrons. The summed E-state index contributed by atoms with van der Waals surface area (Å²) in [5.74, 6) is -1.30. The molecular weight excluding hydrogens is 340 g/mol. The lowest BCUT2D eigenvalue weighted by Gasteiger charge is -2.09. The van der Waals surface area contributed by atoms with Crippen molar-refractivity contribution >= 4 is 23.5 Å². The third-order valence-corrected chi connectivity index (χ3v) is 3.32. The molecule has 1 aromatic carbocycles. The SMILES string of the molecule is Cc1noc(C)c1C(=O)OCC(=O)Nc1ccc(C(=O)OC(C)C)cc1. The molecule has 0 fully saturated rings. The van der Waals surface area contributed by atoms with E-state index in [4.69, 9.17) is 14.0 Å². The second-order valence-electron chi connectivity index (χ2n) is 5.85. The standard InChI is InChI=1S/C18H20N2O6/c1-10(2)25-17(22)13-5-7-14(8-6-13)19-15(21)9-24-18(23)16-11(3)20-26-12(16)4/h5-8,10H,9H2,1-4H3,(H,19,21). The van der Waals surface area contributed by atoms with E-state index in [9.17, 15) is 14.4 Å². The quantitative estimate of drug-likeness (QED) is 0.789. The van der Waals surface area contributed by atoms with Crippen LogP contribution in [-0.2, 0) is 14.3 Å². The number of amides is 1. The van der Waals surface area contributed by atoms with Crippen molar-refractivity contribution < 1.29 is 28.4 Å². The van der Waals surface area contributed by atoms with Crippen LogP contribution in [0.25, 0.3) is 0 Å². The van der Waals surface area contributed by atoms with Crippen LogP contribution in [0.4, 0.5) is 5.69 Å². The number of carbonyl (C=O) groups is 3. The maximum atomic E-state index is 12.0. The van der Waals surface area contributed by atoms with Gasteiger partial charge in [0.1, 0.15) is 11.3 Å². The monoisotopic (exact) mass is 360 g/mol. The van der Waals surface area contributed by atoms with E-state index in [0.717, 1.165) is 0 Å². The fourth-order valence-corrected chi connectivity index (χ4v) is 2.15. The van der Waals surface area contributed by atoms with Crippen LogP contribution < -0.4 is 5.32 Å². The molecule has 1 amide bonds. The van der Waals surface area contributed by atoms with Gasteiger partial charge in [-0.25, -0.2) is 9.59 Å². The number of esters is 2. The van der Waals surface area contributed by atoms with Crippen LogP contribution in [0.1, 0.15) is 46.0 Å². The first kappa shape index (κ1) is 19.2. The summed E-state index contributed by atoms with van der Waals surface area (Å²) in [6.07, 6.45) is -0.214. The number of carbonyl (C=O) groups excluding carboxylic acids is 3. The number of aryl methyl sites for hydroxylation is 2. The Morgan fingerprint density at radius 3 is 2.31 bits per heavy atom. The summed E-state index contributed by atoms with van der Waals surface area (Å²) in [5.41, 5.74) is 1.45. The second kappa shape index (κ2) is 8.28. The molecule has 0 aliphatic rings. The van der Waals surface area contributed by atoms with Gasteiger partial charge in [-0.3, -0.25) is 4.79 Å². The number of anilines is 1. The van der Waals surface area contributed by atoms with Gasteiger partial charge >= 0.3 is 11.9 Å². The minimum absolute atomic E-state index is 0.214. The third kappa shape index (κ3) is 4.92. The lowest BCUT2D eigenvalue weighted by atomic mass is 10.2. The van der Waals surface area contributed by atoms with Gasteiger partial charge in [-0.1, -0.05) is 5.16 Å². The third-order valence-electron chi connectivity index (χ3n) is 3.32. The summed E-state index contributed by atoms with van der Waals surface area (Å²) >= 11 is 0. The largest absolute Gasteiger partial charge is 0.459 e. The normalized spacial score (nSPS) is 10.5. The first-order valence-electron chi connectivity index (χ1n) is 7.98. The summed E-state index contributed by atoms with van der Waals surface area (Å²) in [6.45, 7) is 6.26. The molecule has 0 saturated heterocycles. The summed E-state index contributed by atoms with van der Waals surface area (Å²) in [4.78, 5) is 35.6. The van der Waals surface area contributed by atoms with Gasteiger partial charge in [-0.2, -0.15) is 0 Å². The summed E-state index contributed by atoms with van der Waals surface area (Å²) in [7, 11) is 0. The number of hydrogen-bond donors (Lipinski definition) is 1. The molecule has 0 aliphatic carbocycles. The molecule has 8 heteroatoms. The highest BCUT2D eigenvalue weighted by atomic mass is 16.5. The van der Waals surface area contributed by atoms with Crippen molar-refractivity contribution in [1.82, 2.24) is 5.16 Å². The van der Waals surface area contributed by atoms with E-state index in [1.807, 2.05) is 0 Å². The summed E-state index contributed by atoms with van der Waals surface area (Å²) < 4.78 is 14.9. The number of nitrogens with zero attached hydrogens (tertiary/aromatic N) is 1. The predicted octanol–water partition coefficient (Wildman–Crippen LogP) is 2.65. The van der Waals surface area contributed by atoms with E-state index < -0.39 is 24.5 Å². The Hall–Kier alpha value is -3.16. The van der Waals surface area contributed by atoms with Crippen LogP contribution in [0.2, 0.25) is 0 Å². The minimum atomic E-state index is -0.678. The topological polar surface area (TPSA) is 108 Å². The Bertz CT molecular complexity index is 788. The first-order chi connectivity index (χ1) is 12.3. The van der Waals surface area contributed by atoms with Crippen LogP contribution >= 0.6 is 0 Å². The van der Waals surface area contributed by atoms with Gasteiger partial charge < -0.3 is 19.3 Å². The smallest absolute Gasteiger partial charge is 0.344 e. The highest BCUT2D eigenvalue weighted by Gasteiger charge is 2.20. The molecular formula is C18H20N2O6. The fraction of sp³-hybridized carbons (Fsp3) is 0.333. The Morgan fingerprint density at radius 1 is 1.12 bits per heavy atom. The maximum Gasteiger partial charge on any atom is 0.344 e. The minimum Gasteiger partial charge on any atom is -0.459 e. The number of ether oxygens (including phenoxy) is 2. The summed E-state index contributed by atoms with van der Waals surface area (Å²) in [5, 5.41) is 6.23. The highest BCUT2D eigenvalue weighted by Crippen LogP contribution is 2.14. The molecule has 2 aromatic rings. The maximum absolute atomic E-state index is 12.0. The van der Waals surface area contributed by atoms with Crippen LogP contribution in [0.3, 0.4) is 0 Å². The Labute approximate surface area is 150 Å². The molecule has 26 heavy (non-hydrogen) atoms. The van der Waals surface area contributed by atoms with E-state index in [2.05, 4.69) is 10.5 Å². The molecule has 1 aromatic heterocycles. The van der Waals surface area contributed by atoms with Crippen molar-refractivity contribution in [1.29, 1.82) is 0 Å². The van der Waals surface area contributed by atoms with E-state index >= 15 is 0 Å². The van der Waals surface area contributed by atoms with Crippen LogP contribution in [0.15, 0.2) is 28.8 Å². The molecule has 0 spiro atoms. The van der Waals surface area contributed by atoms with Gasteiger partial charge in [0.05, 0.1) is 17.4 Å². The van der Waals surface area contributed by atoms with Crippen molar-refractivity contribution in [2.45, 2.75) is 33.8 Å². The van der Waals surface area contributed by atoms with Crippen molar-refractivity contribution in [2.75, 3.05) is 11.9 Å². The van der Waals surface area contributed by atoms with E-state index in [1.54, 1.807) is 39.8 Å². The molecule has 2 rings (SSSR count). The van der Waals surface area contributed by atoms with Crippen LogP contribution in [0, 0.1) is 13.8 Å². The fourth-order valence-electron chi connectivity index (χ4n) is 2.15. The highest BCUT2D eigenvalue weighted by molar-refractivity contribution is 5.96. The van der Waals surface area contributed by atoms with Crippen molar-refractivity contribution in [2.24, 2.45) is 0 Å². The van der Waals surface area contributed by atoms with E-state index in [0.29, 0.717) is 22.7 Å². The van der Waals surface area contributed by atoms with Gasteiger partial charge in [0.25, 0.3) is 5.91 Å². The molecule has 0 unspecified atom stereocenters. The Balaban J connectivity index is 1.88. The Kier molecular flexibility index (Phi) is 6.11. The molecule has 8 nitrogen and oxygen atoms in total. The molecule has 0 aliphatic heterocycles. The van der Waals surface area contributed by atoms with E-state index in [1.165, 1.54) is 12.1 Å². The van der Waals surface area contributed by atoms with Gasteiger partial charge in [0.15, 0.2) is 6.61 Å². The van der Waals surface area contributed by atoms with Crippen molar-refractivity contribution in [3.63, 3.8) is 0 Å². The number of hydrogen-bond acceptors (Lipinski definition) is 7. The molecule has 0 bridgehead atoms. The number of rotatable bonds is 6. The average Bonchev–Trinajstić information content (AvgIpc) is 2.91. The van der Waals surface area contributed by atoms with Crippen LogP contribution in [0.5, 0.6) is 0 Å². The second-order valence-corrected chi connectivity index (χ2v) is 5.85. The summed E-state index contributed by atoms with van der Waals surface area (Å²) in [6, 6.07) is 6.20.